The molecule has 0 bridgehead atoms. The number of anilines is 2. The van der Waals surface area contributed by atoms with E-state index in [4.69, 9.17) is 4.74 Å². The lowest BCUT2D eigenvalue weighted by atomic mass is 9.96. The molecule has 0 spiro atoms. The third-order valence-electron chi connectivity index (χ3n) is 4.59. The van der Waals surface area contributed by atoms with Crippen LogP contribution < -0.4 is 14.5 Å². The summed E-state index contributed by atoms with van der Waals surface area (Å²) in [5.74, 6) is 1.34. The van der Waals surface area contributed by atoms with Crippen LogP contribution in [0.25, 0.3) is 0 Å². The monoisotopic (exact) mass is 325 g/mol. The molecule has 5 heteroatoms. The molecule has 1 atom stereocenters. The van der Waals surface area contributed by atoms with Gasteiger partial charge in [0.1, 0.15) is 18.3 Å². The van der Waals surface area contributed by atoms with E-state index in [1.165, 1.54) is 11.1 Å². The van der Waals surface area contributed by atoms with Crippen molar-refractivity contribution in [2.24, 2.45) is 0 Å². The molecular formula is C19H23N3O2. The minimum Gasteiger partial charge on any atom is -0.492 e. The summed E-state index contributed by atoms with van der Waals surface area (Å²) in [6, 6.07) is 7.85. The Morgan fingerprint density at radius 2 is 1.92 bits per heavy atom. The summed E-state index contributed by atoms with van der Waals surface area (Å²) in [6.45, 7) is 4.50. The van der Waals surface area contributed by atoms with E-state index in [1.807, 2.05) is 37.2 Å². The molecule has 5 nitrogen and oxygen atoms in total. The Morgan fingerprint density at radius 1 is 1.21 bits per heavy atom. The van der Waals surface area contributed by atoms with Crippen LogP contribution in [-0.2, 0) is 4.79 Å². The third-order valence-corrected chi connectivity index (χ3v) is 4.59. The van der Waals surface area contributed by atoms with Gasteiger partial charge in [0.25, 0.3) is 0 Å². The smallest absolute Gasteiger partial charge is 0.237 e. The minimum absolute atomic E-state index is 0.0214. The normalized spacial score (nSPS) is 15.6. The van der Waals surface area contributed by atoms with Gasteiger partial charge in [0.05, 0.1) is 5.69 Å². The Labute approximate surface area is 142 Å². The van der Waals surface area contributed by atoms with E-state index in [2.05, 4.69) is 24.9 Å². The number of benzene rings is 1. The number of likely N-dealkylation sites (N-methyl/N-ethyl adjacent to an activating group) is 1. The van der Waals surface area contributed by atoms with Crippen molar-refractivity contribution in [3.8, 4) is 5.75 Å². The second-order valence-electron chi connectivity index (χ2n) is 6.48. The minimum atomic E-state index is -0.278. The van der Waals surface area contributed by atoms with E-state index in [9.17, 15) is 4.79 Å². The van der Waals surface area contributed by atoms with Crippen LogP contribution in [0.4, 0.5) is 11.5 Å². The molecule has 1 aromatic carbocycles. The second-order valence-corrected chi connectivity index (χ2v) is 6.48. The number of amides is 1. The maximum Gasteiger partial charge on any atom is 0.237 e. The van der Waals surface area contributed by atoms with Crippen LogP contribution >= 0.6 is 0 Å². The highest BCUT2D eigenvalue weighted by Gasteiger charge is 2.34. The van der Waals surface area contributed by atoms with E-state index < -0.39 is 0 Å². The zero-order valence-electron chi connectivity index (χ0n) is 14.8. The van der Waals surface area contributed by atoms with Gasteiger partial charge in [-0.1, -0.05) is 6.07 Å². The molecule has 1 aromatic heterocycles. The van der Waals surface area contributed by atoms with Crippen LogP contribution in [-0.4, -0.2) is 38.6 Å². The van der Waals surface area contributed by atoms with Crippen LogP contribution in [0.15, 0.2) is 30.5 Å². The quantitative estimate of drug-likeness (QED) is 0.870. The Morgan fingerprint density at radius 3 is 2.62 bits per heavy atom. The standard InChI is InChI=1S/C19H23N3O2/c1-12-9-14-15(11-24-17(14)10-13(12)2)19(23)22(5)16-7-6-8-20-18(16)21(3)4/h6-10,15H,11H2,1-5H3. The molecule has 3 rings (SSSR count). The molecule has 126 valence electrons. The highest BCUT2D eigenvalue weighted by Crippen LogP contribution is 2.38. The average molecular weight is 325 g/mol. The number of ether oxygens (including phenoxy) is 1. The number of nitrogens with zero attached hydrogens (tertiary/aromatic N) is 3. The van der Waals surface area contributed by atoms with Crippen molar-refractivity contribution in [3.05, 3.63) is 47.2 Å². The number of hydrogen-bond acceptors (Lipinski definition) is 4. The highest BCUT2D eigenvalue weighted by atomic mass is 16.5. The van der Waals surface area contributed by atoms with Gasteiger partial charge in [0, 0.05) is 32.9 Å². The maximum absolute atomic E-state index is 13.1. The van der Waals surface area contributed by atoms with Gasteiger partial charge < -0.3 is 14.5 Å². The molecule has 1 aliphatic heterocycles. The molecule has 0 N–H and O–H groups in total. The molecule has 1 unspecified atom stereocenters. The van der Waals surface area contributed by atoms with Crippen molar-refractivity contribution < 1.29 is 9.53 Å². The first-order valence-electron chi connectivity index (χ1n) is 8.04. The first kappa shape index (κ1) is 16.3. The number of rotatable bonds is 3. The van der Waals surface area contributed by atoms with Gasteiger partial charge in [-0.25, -0.2) is 4.98 Å². The van der Waals surface area contributed by atoms with E-state index in [0.29, 0.717) is 6.61 Å². The number of pyridine rings is 1. The third kappa shape index (κ3) is 2.70. The van der Waals surface area contributed by atoms with Gasteiger partial charge in [-0.15, -0.1) is 0 Å². The van der Waals surface area contributed by atoms with E-state index in [-0.39, 0.29) is 11.8 Å². The second kappa shape index (κ2) is 6.15. The summed E-state index contributed by atoms with van der Waals surface area (Å²) in [5.41, 5.74) is 4.13. The van der Waals surface area contributed by atoms with Crippen molar-refractivity contribution in [2.45, 2.75) is 19.8 Å². The van der Waals surface area contributed by atoms with E-state index in [1.54, 1.807) is 18.1 Å². The Kier molecular flexibility index (Phi) is 4.18. The molecule has 0 saturated carbocycles. The summed E-state index contributed by atoms with van der Waals surface area (Å²) < 4.78 is 5.76. The molecule has 0 fully saturated rings. The fourth-order valence-corrected chi connectivity index (χ4v) is 3.02. The van der Waals surface area contributed by atoms with Crippen LogP contribution in [0.5, 0.6) is 5.75 Å². The van der Waals surface area contributed by atoms with Gasteiger partial charge in [-0.2, -0.15) is 0 Å². The van der Waals surface area contributed by atoms with Crippen molar-refractivity contribution in [3.63, 3.8) is 0 Å². The van der Waals surface area contributed by atoms with Crippen molar-refractivity contribution in [2.75, 3.05) is 37.5 Å². The van der Waals surface area contributed by atoms with Crippen molar-refractivity contribution in [1.82, 2.24) is 4.98 Å². The summed E-state index contributed by atoms with van der Waals surface area (Å²) in [6.07, 6.45) is 1.73. The fraction of sp³-hybridized carbons (Fsp3) is 0.368. The van der Waals surface area contributed by atoms with Gasteiger partial charge in [-0.05, 0) is 43.2 Å². The molecule has 24 heavy (non-hydrogen) atoms. The molecule has 2 heterocycles. The first-order chi connectivity index (χ1) is 11.4. The summed E-state index contributed by atoms with van der Waals surface area (Å²) in [7, 11) is 5.64. The van der Waals surface area contributed by atoms with Crippen molar-refractivity contribution >= 4 is 17.4 Å². The average Bonchev–Trinajstić information content (AvgIpc) is 2.96. The Balaban J connectivity index is 1.93. The highest BCUT2D eigenvalue weighted by molar-refractivity contribution is 6.00. The predicted octanol–water partition coefficient (Wildman–Crippen LogP) is 2.90. The zero-order valence-corrected chi connectivity index (χ0v) is 14.8. The molecule has 1 amide bonds. The van der Waals surface area contributed by atoms with Crippen LogP contribution in [0, 0.1) is 13.8 Å². The lowest BCUT2D eigenvalue weighted by molar-refractivity contribution is -0.119. The lowest BCUT2D eigenvalue weighted by Gasteiger charge is -2.25. The number of carbonyl (C=O) groups excluding carboxylic acids is 1. The zero-order chi connectivity index (χ0) is 17.4. The van der Waals surface area contributed by atoms with Crippen LogP contribution in [0.3, 0.4) is 0 Å². The van der Waals surface area contributed by atoms with Gasteiger partial charge >= 0.3 is 0 Å². The molecule has 0 radical (unpaired) electrons. The van der Waals surface area contributed by atoms with Gasteiger partial charge in [-0.3, -0.25) is 4.79 Å². The van der Waals surface area contributed by atoms with E-state index in [0.717, 1.165) is 22.8 Å². The van der Waals surface area contributed by atoms with Crippen LogP contribution in [0.1, 0.15) is 22.6 Å². The number of fused-ring (bicyclic) bond motifs is 1. The van der Waals surface area contributed by atoms with Gasteiger partial charge in [0.15, 0.2) is 5.82 Å². The predicted molar refractivity (Wildman–Crippen MR) is 96.1 cm³/mol. The fourth-order valence-electron chi connectivity index (χ4n) is 3.02. The first-order valence-corrected chi connectivity index (χ1v) is 8.04. The Hall–Kier alpha value is -2.56. The van der Waals surface area contributed by atoms with Crippen molar-refractivity contribution in [1.29, 1.82) is 0 Å². The topological polar surface area (TPSA) is 45.7 Å². The molecular weight excluding hydrogens is 302 g/mol. The maximum atomic E-state index is 13.1. The number of hydrogen-bond donors (Lipinski definition) is 0. The lowest BCUT2D eigenvalue weighted by Crippen LogP contribution is -2.33. The molecule has 1 aliphatic rings. The number of aromatic nitrogens is 1. The van der Waals surface area contributed by atoms with Crippen LogP contribution in [0.2, 0.25) is 0 Å². The number of aryl methyl sites for hydroxylation is 2. The SMILES string of the molecule is Cc1cc2c(cc1C)C(C(=O)N(C)c1cccnc1N(C)C)CO2. The Bertz CT molecular complexity index is 786. The summed E-state index contributed by atoms with van der Waals surface area (Å²) in [5, 5.41) is 0. The molecule has 0 aliphatic carbocycles. The summed E-state index contributed by atoms with van der Waals surface area (Å²) >= 11 is 0. The largest absolute Gasteiger partial charge is 0.492 e. The van der Waals surface area contributed by atoms with E-state index >= 15 is 0 Å². The molecule has 2 aromatic rings. The number of carbonyl (C=O) groups is 1. The summed E-state index contributed by atoms with van der Waals surface area (Å²) in [4.78, 5) is 21.0. The molecule has 0 saturated heterocycles. The van der Waals surface area contributed by atoms with Gasteiger partial charge in [0.2, 0.25) is 5.91 Å².